The van der Waals surface area contributed by atoms with Crippen LogP contribution >= 0.6 is 11.6 Å². The predicted octanol–water partition coefficient (Wildman–Crippen LogP) is 1.15. The van der Waals surface area contributed by atoms with E-state index in [2.05, 4.69) is 10.6 Å². The SMILES string of the molecule is COCC(=O)Nc1ccc(Cl)c(NC(=O)N2CCOC[C@@H](O)C2)c1. The predicted molar refractivity (Wildman–Crippen MR) is 89.4 cm³/mol. The molecule has 0 aromatic heterocycles. The highest BCUT2D eigenvalue weighted by molar-refractivity contribution is 6.33. The Balaban J connectivity index is 2.04. The van der Waals surface area contributed by atoms with Crippen molar-refractivity contribution in [1.29, 1.82) is 0 Å². The first-order valence-electron chi connectivity index (χ1n) is 7.39. The second-order valence-electron chi connectivity index (χ2n) is 5.28. The molecule has 1 fully saturated rings. The van der Waals surface area contributed by atoms with E-state index in [9.17, 15) is 14.7 Å². The third-order valence-corrected chi connectivity index (χ3v) is 3.63. The number of aliphatic hydroxyl groups is 1. The fourth-order valence-electron chi connectivity index (χ4n) is 2.20. The Hall–Kier alpha value is -1.87. The van der Waals surface area contributed by atoms with Crippen molar-refractivity contribution < 1.29 is 24.2 Å². The molecule has 0 aliphatic carbocycles. The highest BCUT2D eigenvalue weighted by Crippen LogP contribution is 2.26. The van der Waals surface area contributed by atoms with Gasteiger partial charge in [0.2, 0.25) is 5.91 Å². The molecule has 1 atom stereocenters. The van der Waals surface area contributed by atoms with E-state index in [0.717, 1.165) is 0 Å². The number of nitrogens with one attached hydrogen (secondary N) is 2. The van der Waals surface area contributed by atoms with Gasteiger partial charge < -0.3 is 30.1 Å². The molecule has 0 spiro atoms. The first-order chi connectivity index (χ1) is 11.5. The number of methoxy groups -OCH3 is 1. The average Bonchev–Trinajstić information content (AvgIpc) is 2.75. The molecule has 24 heavy (non-hydrogen) atoms. The van der Waals surface area contributed by atoms with Crippen LogP contribution in [0.4, 0.5) is 16.2 Å². The molecule has 8 nitrogen and oxygen atoms in total. The van der Waals surface area contributed by atoms with Gasteiger partial charge in [-0.2, -0.15) is 0 Å². The van der Waals surface area contributed by atoms with Crippen LogP contribution < -0.4 is 10.6 Å². The molecule has 0 bridgehead atoms. The van der Waals surface area contributed by atoms with Gasteiger partial charge in [0.1, 0.15) is 6.61 Å². The lowest BCUT2D eigenvalue weighted by molar-refractivity contribution is -0.119. The van der Waals surface area contributed by atoms with Gasteiger partial charge in [0.25, 0.3) is 0 Å². The number of carbonyl (C=O) groups is 2. The van der Waals surface area contributed by atoms with Crippen LogP contribution in [0.25, 0.3) is 0 Å². The second kappa shape index (κ2) is 8.84. The summed E-state index contributed by atoms with van der Waals surface area (Å²) in [5.41, 5.74) is 0.840. The van der Waals surface area contributed by atoms with E-state index in [1.54, 1.807) is 18.2 Å². The summed E-state index contributed by atoms with van der Waals surface area (Å²) in [7, 11) is 1.42. The standard InChI is InChI=1S/C15H20ClN3O5/c1-23-9-14(21)17-10-2-3-12(16)13(6-10)18-15(22)19-4-5-24-8-11(20)7-19/h2-3,6,11,20H,4-5,7-9H2,1H3,(H,17,21)(H,18,22)/t11-/m0/s1. The molecule has 3 amide bonds. The number of halogens is 1. The maximum atomic E-state index is 12.3. The summed E-state index contributed by atoms with van der Waals surface area (Å²) in [6.45, 7) is 1.02. The molecule has 132 valence electrons. The molecule has 1 aromatic rings. The van der Waals surface area contributed by atoms with Gasteiger partial charge in [0, 0.05) is 19.3 Å². The van der Waals surface area contributed by atoms with E-state index in [-0.39, 0.29) is 25.7 Å². The van der Waals surface area contributed by atoms with Crippen molar-refractivity contribution in [2.45, 2.75) is 6.10 Å². The van der Waals surface area contributed by atoms with Gasteiger partial charge in [-0.3, -0.25) is 4.79 Å². The number of hydrogen-bond acceptors (Lipinski definition) is 5. The summed E-state index contributed by atoms with van der Waals surface area (Å²) >= 11 is 6.09. The summed E-state index contributed by atoms with van der Waals surface area (Å²) in [6.07, 6.45) is -0.728. The van der Waals surface area contributed by atoms with Crippen LogP contribution in [-0.2, 0) is 14.3 Å². The number of nitrogens with zero attached hydrogens (tertiary/aromatic N) is 1. The highest BCUT2D eigenvalue weighted by atomic mass is 35.5. The Labute approximate surface area is 144 Å². The Bertz CT molecular complexity index is 598. The van der Waals surface area contributed by atoms with E-state index in [1.807, 2.05) is 0 Å². The topological polar surface area (TPSA) is 100 Å². The molecule has 0 radical (unpaired) electrons. The number of urea groups is 1. The van der Waals surface area contributed by atoms with Crippen LogP contribution in [0.5, 0.6) is 0 Å². The molecule has 1 heterocycles. The summed E-state index contributed by atoms with van der Waals surface area (Å²) < 4.78 is 9.94. The van der Waals surface area contributed by atoms with Gasteiger partial charge in [0.15, 0.2) is 0 Å². The minimum absolute atomic E-state index is 0.0734. The number of rotatable bonds is 4. The molecule has 1 saturated heterocycles. The van der Waals surface area contributed by atoms with Gasteiger partial charge in [0.05, 0.1) is 36.6 Å². The molecule has 1 aliphatic heterocycles. The van der Waals surface area contributed by atoms with E-state index >= 15 is 0 Å². The van der Waals surface area contributed by atoms with Gasteiger partial charge in [-0.25, -0.2) is 4.79 Å². The largest absolute Gasteiger partial charge is 0.389 e. The minimum Gasteiger partial charge on any atom is -0.389 e. The monoisotopic (exact) mass is 357 g/mol. The number of hydrogen-bond donors (Lipinski definition) is 3. The van der Waals surface area contributed by atoms with E-state index in [4.69, 9.17) is 21.1 Å². The summed E-state index contributed by atoms with van der Waals surface area (Å²) in [5.74, 6) is -0.315. The van der Waals surface area contributed by atoms with Crippen LogP contribution in [0.3, 0.4) is 0 Å². The van der Waals surface area contributed by atoms with Crippen LogP contribution in [0.1, 0.15) is 0 Å². The summed E-state index contributed by atoms with van der Waals surface area (Å²) in [4.78, 5) is 25.3. The molecule has 0 saturated carbocycles. The molecule has 9 heteroatoms. The molecular formula is C15H20ClN3O5. The smallest absolute Gasteiger partial charge is 0.322 e. The van der Waals surface area contributed by atoms with E-state index < -0.39 is 12.1 Å². The fourth-order valence-corrected chi connectivity index (χ4v) is 2.36. The van der Waals surface area contributed by atoms with Crippen molar-refractivity contribution in [2.75, 3.05) is 50.7 Å². The zero-order valence-electron chi connectivity index (χ0n) is 13.3. The first-order valence-corrected chi connectivity index (χ1v) is 7.77. The van der Waals surface area contributed by atoms with Crippen molar-refractivity contribution in [1.82, 2.24) is 4.90 Å². The van der Waals surface area contributed by atoms with Crippen molar-refractivity contribution in [3.8, 4) is 0 Å². The summed E-state index contributed by atoms with van der Waals surface area (Å²) in [5, 5.41) is 15.3. The van der Waals surface area contributed by atoms with Crippen LogP contribution in [-0.4, -0.2) is 68.1 Å². The van der Waals surface area contributed by atoms with Crippen molar-refractivity contribution >= 4 is 34.9 Å². The number of amides is 3. The lowest BCUT2D eigenvalue weighted by Crippen LogP contribution is -2.40. The first kappa shape index (κ1) is 18.5. The minimum atomic E-state index is -0.728. The maximum Gasteiger partial charge on any atom is 0.322 e. The number of β-amino-alcohol motifs (C(OH)–C–C–N with tert-alkyl or cyclic N) is 1. The number of anilines is 2. The molecular weight excluding hydrogens is 338 g/mol. The number of ether oxygens (including phenoxy) is 2. The van der Waals surface area contributed by atoms with Gasteiger partial charge in [-0.1, -0.05) is 11.6 Å². The molecule has 1 aliphatic rings. The average molecular weight is 358 g/mol. The lowest BCUT2D eigenvalue weighted by Gasteiger charge is -2.22. The Morgan fingerprint density at radius 3 is 3.00 bits per heavy atom. The maximum absolute atomic E-state index is 12.3. The third kappa shape index (κ3) is 5.34. The molecule has 0 unspecified atom stereocenters. The lowest BCUT2D eigenvalue weighted by atomic mass is 10.2. The van der Waals surface area contributed by atoms with Crippen LogP contribution in [0, 0.1) is 0 Å². The summed E-state index contributed by atoms with van der Waals surface area (Å²) in [6, 6.07) is 4.34. The van der Waals surface area contributed by atoms with Crippen molar-refractivity contribution in [3.63, 3.8) is 0 Å². The van der Waals surface area contributed by atoms with Crippen molar-refractivity contribution in [2.24, 2.45) is 0 Å². The Kier molecular flexibility index (Phi) is 6.80. The Morgan fingerprint density at radius 2 is 2.25 bits per heavy atom. The highest BCUT2D eigenvalue weighted by Gasteiger charge is 2.21. The fraction of sp³-hybridized carbons (Fsp3) is 0.467. The van der Waals surface area contributed by atoms with Crippen LogP contribution in [0.2, 0.25) is 5.02 Å². The molecule has 1 aromatic carbocycles. The normalized spacial score (nSPS) is 18.0. The third-order valence-electron chi connectivity index (χ3n) is 3.30. The molecule has 3 N–H and O–H groups in total. The van der Waals surface area contributed by atoms with Crippen molar-refractivity contribution in [3.05, 3.63) is 23.2 Å². The number of aliphatic hydroxyl groups excluding tert-OH is 1. The Morgan fingerprint density at radius 1 is 1.46 bits per heavy atom. The zero-order chi connectivity index (χ0) is 17.5. The zero-order valence-corrected chi connectivity index (χ0v) is 14.0. The van der Waals surface area contributed by atoms with Gasteiger partial charge >= 0.3 is 6.03 Å². The van der Waals surface area contributed by atoms with Gasteiger partial charge in [-0.15, -0.1) is 0 Å². The molecule has 2 rings (SSSR count). The number of benzene rings is 1. The number of carbonyl (C=O) groups excluding carboxylic acids is 2. The van der Waals surface area contributed by atoms with E-state index in [1.165, 1.54) is 12.0 Å². The van der Waals surface area contributed by atoms with Crippen LogP contribution in [0.15, 0.2) is 18.2 Å². The van der Waals surface area contributed by atoms with Gasteiger partial charge in [-0.05, 0) is 18.2 Å². The van der Waals surface area contributed by atoms with E-state index in [0.29, 0.717) is 29.5 Å². The quantitative estimate of drug-likeness (QED) is 0.750. The second-order valence-corrected chi connectivity index (χ2v) is 5.69.